The summed E-state index contributed by atoms with van der Waals surface area (Å²) in [6.45, 7) is 12.1. The number of benzene rings is 1. The van der Waals surface area contributed by atoms with Gasteiger partial charge < -0.3 is 10.2 Å². The third-order valence-corrected chi connectivity index (χ3v) is 8.38. The molecule has 1 N–H and O–H groups in total. The Morgan fingerprint density at radius 3 is 2.34 bits per heavy atom. The molecule has 0 unspecified atom stereocenters. The molecule has 220 valence electrons. The van der Waals surface area contributed by atoms with Gasteiger partial charge in [-0.05, 0) is 62.8 Å². The van der Waals surface area contributed by atoms with Gasteiger partial charge in [0.15, 0.2) is 5.78 Å². The molecule has 3 heterocycles. The first-order chi connectivity index (χ1) is 19.6. The lowest BCUT2D eigenvalue weighted by molar-refractivity contribution is -0.140. The number of aromatic nitrogens is 4. The Hall–Kier alpha value is -3.62. The number of likely N-dealkylation sites (tertiary alicyclic amines) is 1. The van der Waals surface area contributed by atoms with E-state index in [1.807, 2.05) is 32.9 Å². The molecule has 1 aliphatic rings. The number of aryl methyl sites for hydroxylation is 2. The second kappa shape index (κ2) is 13.4. The maximum absolute atomic E-state index is 13.8. The highest BCUT2D eigenvalue weighted by molar-refractivity contribution is 6.07. The van der Waals surface area contributed by atoms with E-state index < -0.39 is 6.04 Å². The molecule has 0 bridgehead atoms. The molecule has 0 radical (unpaired) electrons. The minimum atomic E-state index is -0.504. The maximum Gasteiger partial charge on any atom is 0.245 e. The van der Waals surface area contributed by atoms with Crippen molar-refractivity contribution < 1.29 is 14.4 Å². The quantitative estimate of drug-likeness (QED) is 0.234. The number of nitrogens with zero attached hydrogens (tertiary/aromatic N) is 5. The number of carbonyl (C=O) groups is 3. The summed E-state index contributed by atoms with van der Waals surface area (Å²) in [5.41, 5.74) is 3.68. The van der Waals surface area contributed by atoms with Crippen LogP contribution in [0.5, 0.6) is 0 Å². The second-order valence-electron chi connectivity index (χ2n) is 11.6. The van der Waals surface area contributed by atoms with Gasteiger partial charge in [-0.2, -0.15) is 5.10 Å². The number of rotatable bonds is 12. The van der Waals surface area contributed by atoms with Gasteiger partial charge in [0.25, 0.3) is 0 Å². The molecular weight excluding hydrogens is 516 g/mol. The van der Waals surface area contributed by atoms with Gasteiger partial charge in [0.05, 0.1) is 5.52 Å². The van der Waals surface area contributed by atoms with E-state index in [4.69, 9.17) is 0 Å². The number of ketones is 1. The van der Waals surface area contributed by atoms with Crippen molar-refractivity contribution in [3.8, 4) is 11.1 Å². The van der Waals surface area contributed by atoms with Crippen molar-refractivity contribution in [2.45, 2.75) is 105 Å². The van der Waals surface area contributed by atoms with Crippen molar-refractivity contribution in [1.29, 1.82) is 0 Å². The van der Waals surface area contributed by atoms with E-state index in [9.17, 15) is 14.4 Å². The Morgan fingerprint density at radius 2 is 1.66 bits per heavy atom. The summed E-state index contributed by atoms with van der Waals surface area (Å²) < 4.78 is 1.63. The van der Waals surface area contributed by atoms with Crippen LogP contribution in [0.1, 0.15) is 94.5 Å². The Labute approximate surface area is 243 Å². The first-order valence-corrected chi connectivity index (χ1v) is 15.0. The van der Waals surface area contributed by atoms with Gasteiger partial charge in [0.1, 0.15) is 24.1 Å². The van der Waals surface area contributed by atoms with E-state index in [-0.39, 0.29) is 36.1 Å². The number of carbonyl (C=O) groups excluding carboxylic acids is 3. The molecule has 2 amide bonds. The highest BCUT2D eigenvalue weighted by atomic mass is 16.2. The fourth-order valence-corrected chi connectivity index (χ4v) is 5.91. The average Bonchev–Trinajstić information content (AvgIpc) is 3.45. The summed E-state index contributed by atoms with van der Waals surface area (Å²) in [5, 5.41) is 8.37. The minimum Gasteiger partial charge on any atom is -0.354 e. The van der Waals surface area contributed by atoms with E-state index in [0.717, 1.165) is 35.0 Å². The van der Waals surface area contributed by atoms with Crippen LogP contribution in [0, 0.1) is 19.8 Å². The fraction of sp³-hybridized carbons (Fsp3) is 0.562. The van der Waals surface area contributed by atoms with E-state index in [1.165, 1.54) is 32.6 Å². The van der Waals surface area contributed by atoms with Gasteiger partial charge in [-0.25, -0.2) is 9.97 Å². The molecule has 41 heavy (non-hydrogen) atoms. The fourth-order valence-electron chi connectivity index (χ4n) is 5.91. The number of amides is 2. The van der Waals surface area contributed by atoms with Crippen LogP contribution in [0.4, 0.5) is 0 Å². The van der Waals surface area contributed by atoms with E-state index in [1.54, 1.807) is 22.0 Å². The van der Waals surface area contributed by atoms with Crippen LogP contribution < -0.4 is 5.32 Å². The molecule has 1 saturated heterocycles. The van der Waals surface area contributed by atoms with Crippen LogP contribution in [-0.2, 0) is 16.1 Å². The first-order valence-electron chi connectivity index (χ1n) is 15.0. The predicted octanol–water partition coefficient (Wildman–Crippen LogP) is 5.41. The summed E-state index contributed by atoms with van der Waals surface area (Å²) in [6.07, 6.45) is 11.1. The third-order valence-electron chi connectivity index (χ3n) is 8.38. The molecule has 3 atom stereocenters. The van der Waals surface area contributed by atoms with Gasteiger partial charge in [-0.3, -0.25) is 19.1 Å². The summed E-state index contributed by atoms with van der Waals surface area (Å²) in [4.78, 5) is 50.0. The van der Waals surface area contributed by atoms with Crippen LogP contribution in [-0.4, -0.2) is 60.9 Å². The van der Waals surface area contributed by atoms with E-state index >= 15 is 0 Å². The third kappa shape index (κ3) is 6.82. The second-order valence-corrected chi connectivity index (χ2v) is 11.6. The van der Waals surface area contributed by atoms with Crippen molar-refractivity contribution in [3.63, 3.8) is 0 Å². The Balaban J connectivity index is 1.54. The molecule has 1 fully saturated rings. The SMILES string of the molecule is CCCCCCCCNC(=O)[C@@H]1C[C@H](C)[C@@H](C)N1C(=O)Cn1nc(C(C)=O)c2cc(-c3cnc(C)nc3)cc(C)c21. The van der Waals surface area contributed by atoms with Crippen molar-refractivity contribution in [2.75, 3.05) is 6.54 Å². The van der Waals surface area contributed by atoms with Gasteiger partial charge in [-0.1, -0.05) is 46.0 Å². The van der Waals surface area contributed by atoms with Crippen LogP contribution in [0.25, 0.3) is 22.0 Å². The van der Waals surface area contributed by atoms with Gasteiger partial charge >= 0.3 is 0 Å². The number of unbranched alkanes of at least 4 members (excludes halogenated alkanes) is 5. The summed E-state index contributed by atoms with van der Waals surface area (Å²) in [7, 11) is 0. The smallest absolute Gasteiger partial charge is 0.245 e. The van der Waals surface area contributed by atoms with E-state index in [2.05, 4.69) is 34.2 Å². The topological polar surface area (TPSA) is 110 Å². The molecular formula is C32H44N6O3. The molecule has 0 aliphatic carbocycles. The van der Waals surface area contributed by atoms with Crippen molar-refractivity contribution in [1.82, 2.24) is 30.0 Å². The molecule has 1 aliphatic heterocycles. The molecule has 4 rings (SSSR count). The summed E-state index contributed by atoms with van der Waals surface area (Å²) >= 11 is 0. The minimum absolute atomic E-state index is 0.0458. The zero-order chi connectivity index (χ0) is 29.7. The highest BCUT2D eigenvalue weighted by Gasteiger charge is 2.43. The zero-order valence-corrected chi connectivity index (χ0v) is 25.4. The molecule has 1 aromatic carbocycles. The largest absolute Gasteiger partial charge is 0.354 e. The van der Waals surface area contributed by atoms with Crippen LogP contribution in [0.3, 0.4) is 0 Å². The van der Waals surface area contributed by atoms with Gasteiger partial charge in [0.2, 0.25) is 11.8 Å². The Bertz CT molecular complexity index is 1400. The van der Waals surface area contributed by atoms with E-state index in [0.29, 0.717) is 29.9 Å². The lowest BCUT2D eigenvalue weighted by Gasteiger charge is -2.28. The number of nitrogens with one attached hydrogen (secondary N) is 1. The summed E-state index contributed by atoms with van der Waals surface area (Å²) in [5.74, 6) is 0.456. The molecule has 3 aromatic rings. The first kappa shape index (κ1) is 30.3. The molecule has 9 heteroatoms. The number of hydrogen-bond acceptors (Lipinski definition) is 6. The van der Waals surface area contributed by atoms with Gasteiger partial charge in [-0.15, -0.1) is 0 Å². The number of fused-ring (bicyclic) bond motifs is 1. The molecule has 0 saturated carbocycles. The standard InChI is InChI=1S/C32H44N6O3/c1-7-8-9-10-11-12-13-33-32(41)28-15-20(2)22(4)38(28)29(40)19-37-31-21(3)14-25(26-17-34-24(6)35-18-26)16-27(31)30(36-37)23(5)39/h14,16-18,20,22,28H,7-13,15,19H2,1-6H3,(H,33,41)/t20-,22+,28-/m0/s1. The molecule has 0 spiro atoms. The monoisotopic (exact) mass is 560 g/mol. The maximum atomic E-state index is 13.8. The van der Waals surface area contributed by atoms with Crippen molar-refractivity contribution >= 4 is 28.5 Å². The Morgan fingerprint density at radius 1 is 0.976 bits per heavy atom. The Kier molecular flexibility index (Phi) is 9.89. The van der Waals surface area contributed by atoms with Crippen LogP contribution in [0.2, 0.25) is 0 Å². The lowest BCUT2D eigenvalue weighted by atomic mass is 10.0. The molecule has 9 nitrogen and oxygen atoms in total. The van der Waals surface area contributed by atoms with Gasteiger partial charge in [0, 0.05) is 42.9 Å². The van der Waals surface area contributed by atoms with Crippen molar-refractivity contribution in [3.05, 3.63) is 41.6 Å². The highest BCUT2D eigenvalue weighted by Crippen LogP contribution is 2.32. The number of Topliss-reactive ketones (excluding diaryl/α,β-unsaturated/α-hetero) is 1. The average molecular weight is 561 g/mol. The summed E-state index contributed by atoms with van der Waals surface area (Å²) in [6, 6.07) is 3.34. The van der Waals surface area contributed by atoms with Crippen molar-refractivity contribution in [2.24, 2.45) is 5.92 Å². The van der Waals surface area contributed by atoms with Crippen LogP contribution in [0.15, 0.2) is 24.5 Å². The predicted molar refractivity (Wildman–Crippen MR) is 161 cm³/mol. The van der Waals surface area contributed by atoms with Crippen LogP contribution >= 0.6 is 0 Å². The lowest BCUT2D eigenvalue weighted by Crippen LogP contribution is -2.49. The zero-order valence-electron chi connectivity index (χ0n) is 25.4. The molecule has 2 aromatic heterocycles. The number of hydrogen-bond donors (Lipinski definition) is 1. The normalized spacial score (nSPS) is 18.7.